The van der Waals surface area contributed by atoms with E-state index >= 15 is 0 Å². The Morgan fingerprint density at radius 3 is 2.78 bits per heavy atom. The number of benzene rings is 1. The topological polar surface area (TPSA) is 54.6 Å². The summed E-state index contributed by atoms with van der Waals surface area (Å²) in [5.74, 6) is -0.599. The summed E-state index contributed by atoms with van der Waals surface area (Å²) in [6.07, 6.45) is 3.58. The van der Waals surface area contributed by atoms with E-state index in [9.17, 15) is 9.65 Å². The molecule has 0 N–H and O–H groups in total. The van der Waals surface area contributed by atoms with Gasteiger partial charge in [-0.3, -0.25) is 4.99 Å². The SMILES string of the molecule is COCOCC1(c2ccccc2F)C=NC(SC)=C(C#N)C1C. The van der Waals surface area contributed by atoms with Crippen molar-refractivity contribution in [2.45, 2.75) is 12.3 Å². The van der Waals surface area contributed by atoms with E-state index in [1.54, 1.807) is 24.4 Å². The summed E-state index contributed by atoms with van der Waals surface area (Å²) in [6, 6.07) is 8.77. The molecule has 1 aliphatic heterocycles. The van der Waals surface area contributed by atoms with Crippen LogP contribution in [0.3, 0.4) is 0 Å². The van der Waals surface area contributed by atoms with Crippen molar-refractivity contribution in [2.24, 2.45) is 10.9 Å². The fourth-order valence-corrected chi connectivity index (χ4v) is 3.38. The third kappa shape index (κ3) is 3.32. The monoisotopic (exact) mass is 334 g/mol. The van der Waals surface area contributed by atoms with Gasteiger partial charge in [-0.05, 0) is 12.3 Å². The Morgan fingerprint density at radius 2 is 2.17 bits per heavy atom. The lowest BCUT2D eigenvalue weighted by Gasteiger charge is -2.38. The second-order valence-electron chi connectivity index (χ2n) is 5.29. The average Bonchev–Trinajstić information content (AvgIpc) is 2.57. The number of rotatable bonds is 6. The third-order valence-corrected chi connectivity index (χ3v) is 4.79. The van der Waals surface area contributed by atoms with Gasteiger partial charge in [-0.25, -0.2) is 4.39 Å². The number of hydrogen-bond acceptors (Lipinski definition) is 5. The van der Waals surface area contributed by atoms with E-state index in [4.69, 9.17) is 9.47 Å². The van der Waals surface area contributed by atoms with Gasteiger partial charge in [0.05, 0.1) is 23.7 Å². The highest BCUT2D eigenvalue weighted by Gasteiger charge is 2.44. The summed E-state index contributed by atoms with van der Waals surface area (Å²) in [5, 5.41) is 10.2. The fourth-order valence-electron chi connectivity index (χ4n) is 2.78. The molecule has 0 saturated carbocycles. The molecule has 0 amide bonds. The highest BCUT2D eigenvalue weighted by molar-refractivity contribution is 8.02. The molecule has 2 rings (SSSR count). The van der Waals surface area contributed by atoms with E-state index in [-0.39, 0.29) is 25.1 Å². The van der Waals surface area contributed by atoms with Crippen LogP contribution in [0.1, 0.15) is 12.5 Å². The molecule has 0 fully saturated rings. The first kappa shape index (κ1) is 17.7. The van der Waals surface area contributed by atoms with Gasteiger partial charge in [0.2, 0.25) is 0 Å². The zero-order valence-electron chi connectivity index (χ0n) is 13.4. The van der Waals surface area contributed by atoms with Gasteiger partial charge in [0, 0.05) is 24.8 Å². The van der Waals surface area contributed by atoms with Crippen LogP contribution in [0.5, 0.6) is 0 Å². The van der Waals surface area contributed by atoms with Gasteiger partial charge in [-0.2, -0.15) is 5.26 Å². The molecular formula is C17H19FN2O2S. The van der Waals surface area contributed by atoms with E-state index < -0.39 is 5.41 Å². The Kier molecular flexibility index (Phi) is 5.94. The van der Waals surface area contributed by atoms with Crippen LogP contribution in [0.25, 0.3) is 0 Å². The van der Waals surface area contributed by atoms with Gasteiger partial charge in [0.1, 0.15) is 17.6 Å². The van der Waals surface area contributed by atoms with Crippen LogP contribution in [0.2, 0.25) is 0 Å². The number of nitrogens with zero attached hydrogens (tertiary/aromatic N) is 2. The van der Waals surface area contributed by atoms with Crippen LogP contribution >= 0.6 is 11.8 Å². The second-order valence-corrected chi connectivity index (χ2v) is 6.08. The van der Waals surface area contributed by atoms with E-state index in [1.807, 2.05) is 13.2 Å². The predicted octanol–water partition coefficient (Wildman–Crippen LogP) is 3.50. The number of nitriles is 1. The molecule has 0 radical (unpaired) electrons. The zero-order chi connectivity index (χ0) is 16.9. The number of hydrogen-bond donors (Lipinski definition) is 0. The molecule has 0 aliphatic carbocycles. The van der Waals surface area contributed by atoms with Crippen LogP contribution in [0.4, 0.5) is 4.39 Å². The van der Waals surface area contributed by atoms with Gasteiger partial charge in [-0.1, -0.05) is 25.1 Å². The number of aliphatic imine (C=N–C) groups is 1. The highest BCUT2D eigenvalue weighted by Crippen LogP contribution is 2.42. The summed E-state index contributed by atoms with van der Waals surface area (Å²) >= 11 is 1.41. The van der Waals surface area contributed by atoms with Crippen molar-refractivity contribution in [3.8, 4) is 6.07 Å². The molecule has 122 valence electrons. The number of methoxy groups -OCH3 is 1. The number of ether oxygens (including phenoxy) is 2. The molecule has 2 atom stereocenters. The van der Waals surface area contributed by atoms with Crippen molar-refractivity contribution in [3.05, 3.63) is 46.2 Å². The molecule has 1 aromatic carbocycles. The summed E-state index contributed by atoms with van der Waals surface area (Å²) in [4.78, 5) is 4.41. The maximum atomic E-state index is 14.5. The second kappa shape index (κ2) is 7.73. The Labute approximate surface area is 140 Å². The Balaban J connectivity index is 2.53. The van der Waals surface area contributed by atoms with Crippen molar-refractivity contribution < 1.29 is 13.9 Å². The van der Waals surface area contributed by atoms with Gasteiger partial charge in [0.25, 0.3) is 0 Å². The van der Waals surface area contributed by atoms with Gasteiger partial charge in [0.15, 0.2) is 0 Å². The molecule has 0 spiro atoms. The molecule has 0 aromatic heterocycles. The number of allylic oxidation sites excluding steroid dienone is 1. The smallest absolute Gasteiger partial charge is 0.146 e. The molecule has 4 nitrogen and oxygen atoms in total. The Morgan fingerprint density at radius 1 is 1.43 bits per heavy atom. The maximum absolute atomic E-state index is 14.5. The summed E-state index contributed by atoms with van der Waals surface area (Å²) < 4.78 is 24.9. The summed E-state index contributed by atoms with van der Waals surface area (Å²) in [6.45, 7) is 2.18. The van der Waals surface area contributed by atoms with Crippen LogP contribution in [-0.4, -0.2) is 33.0 Å². The summed E-state index contributed by atoms with van der Waals surface area (Å²) in [5.41, 5.74) is 0.179. The lowest BCUT2D eigenvalue weighted by atomic mass is 9.68. The number of thioether (sulfide) groups is 1. The molecule has 1 heterocycles. The largest absolute Gasteiger partial charge is 0.359 e. The Hall–Kier alpha value is -1.68. The first-order valence-electron chi connectivity index (χ1n) is 7.16. The van der Waals surface area contributed by atoms with E-state index in [1.165, 1.54) is 24.9 Å². The molecule has 0 saturated heterocycles. The minimum Gasteiger partial charge on any atom is -0.359 e. The quantitative estimate of drug-likeness (QED) is 0.590. The predicted molar refractivity (Wildman–Crippen MR) is 89.7 cm³/mol. The molecule has 23 heavy (non-hydrogen) atoms. The molecule has 2 unspecified atom stereocenters. The molecule has 6 heteroatoms. The van der Waals surface area contributed by atoms with Crippen molar-refractivity contribution >= 4 is 18.0 Å². The van der Waals surface area contributed by atoms with Crippen molar-refractivity contribution in [3.63, 3.8) is 0 Å². The van der Waals surface area contributed by atoms with Crippen LogP contribution in [0.15, 0.2) is 39.9 Å². The van der Waals surface area contributed by atoms with Crippen LogP contribution in [-0.2, 0) is 14.9 Å². The lowest BCUT2D eigenvalue weighted by molar-refractivity contribution is -0.0453. The molecule has 1 aromatic rings. The number of halogens is 1. The van der Waals surface area contributed by atoms with Crippen LogP contribution in [0, 0.1) is 23.1 Å². The van der Waals surface area contributed by atoms with E-state index in [2.05, 4.69) is 11.1 Å². The van der Waals surface area contributed by atoms with Crippen LogP contribution < -0.4 is 0 Å². The first-order valence-corrected chi connectivity index (χ1v) is 8.38. The van der Waals surface area contributed by atoms with Gasteiger partial charge < -0.3 is 9.47 Å². The normalized spacial score (nSPS) is 23.9. The first-order chi connectivity index (χ1) is 11.1. The van der Waals surface area contributed by atoms with Crippen molar-refractivity contribution in [1.29, 1.82) is 5.26 Å². The Bertz CT molecular complexity index is 669. The zero-order valence-corrected chi connectivity index (χ0v) is 14.2. The average molecular weight is 334 g/mol. The fraction of sp³-hybridized carbons (Fsp3) is 0.412. The third-order valence-electron chi connectivity index (χ3n) is 4.08. The summed E-state index contributed by atoms with van der Waals surface area (Å²) in [7, 11) is 1.53. The van der Waals surface area contributed by atoms with E-state index in [0.717, 1.165) is 0 Å². The molecule has 0 bridgehead atoms. The minimum absolute atomic E-state index is 0.0950. The lowest BCUT2D eigenvalue weighted by Crippen LogP contribution is -2.44. The maximum Gasteiger partial charge on any atom is 0.146 e. The van der Waals surface area contributed by atoms with E-state index in [0.29, 0.717) is 16.2 Å². The van der Waals surface area contributed by atoms with Gasteiger partial charge >= 0.3 is 0 Å². The highest BCUT2D eigenvalue weighted by atomic mass is 32.2. The van der Waals surface area contributed by atoms with Crippen molar-refractivity contribution in [2.75, 3.05) is 26.8 Å². The standard InChI is InChI=1S/C17H19FN2O2S/c1-12-13(8-19)16(23-3)20-9-17(12,10-22-11-21-2)14-6-4-5-7-15(14)18/h4-7,9,12H,10-11H2,1-3H3. The van der Waals surface area contributed by atoms with Crippen molar-refractivity contribution in [1.82, 2.24) is 0 Å². The molecular weight excluding hydrogens is 315 g/mol. The molecule has 1 aliphatic rings. The minimum atomic E-state index is -0.839. The van der Waals surface area contributed by atoms with Gasteiger partial charge in [-0.15, -0.1) is 11.8 Å².